The number of carboxylic acids is 1. The molecule has 3 rings (SSSR count). The minimum atomic E-state index is -1.00. The lowest BCUT2D eigenvalue weighted by atomic mass is 10.2. The van der Waals surface area contributed by atoms with Crippen molar-refractivity contribution in [2.24, 2.45) is 0 Å². The maximum absolute atomic E-state index is 12.2. The summed E-state index contributed by atoms with van der Waals surface area (Å²) in [6.45, 7) is 7.28. The van der Waals surface area contributed by atoms with E-state index in [0.717, 1.165) is 68.9 Å². The van der Waals surface area contributed by atoms with Crippen molar-refractivity contribution < 1.29 is 19.4 Å². The van der Waals surface area contributed by atoms with E-state index in [1.165, 1.54) is 23.1 Å². The predicted octanol–water partition coefficient (Wildman–Crippen LogP) is 1.24. The Labute approximate surface area is 173 Å². The Kier molecular flexibility index (Phi) is 8.53. The van der Waals surface area contributed by atoms with Crippen LogP contribution in [-0.2, 0) is 9.53 Å². The SMILES string of the molecule is O=C(O)c1csc(SCCN2C(=O)CC[C@@H]2CNCCCN2CCOCC2)n1. The Balaban J connectivity index is 1.32. The van der Waals surface area contributed by atoms with E-state index >= 15 is 0 Å². The number of carboxylic acid groups (broad SMARTS) is 1. The molecule has 2 saturated heterocycles. The largest absolute Gasteiger partial charge is 0.476 e. The fourth-order valence-corrected chi connectivity index (χ4v) is 5.30. The Hall–Kier alpha value is -1.20. The molecule has 1 amide bonds. The number of amides is 1. The molecule has 28 heavy (non-hydrogen) atoms. The Morgan fingerprint density at radius 2 is 2.21 bits per heavy atom. The van der Waals surface area contributed by atoms with Crippen molar-refractivity contribution in [2.45, 2.75) is 29.6 Å². The van der Waals surface area contributed by atoms with Crippen LogP contribution in [0.3, 0.4) is 0 Å². The van der Waals surface area contributed by atoms with Gasteiger partial charge < -0.3 is 20.1 Å². The number of thiazole rings is 1. The number of rotatable bonds is 11. The number of aromatic nitrogens is 1. The van der Waals surface area contributed by atoms with Gasteiger partial charge in [-0.25, -0.2) is 9.78 Å². The predicted molar refractivity (Wildman–Crippen MR) is 109 cm³/mol. The van der Waals surface area contributed by atoms with Crippen LogP contribution in [-0.4, -0.2) is 96.0 Å². The number of hydrogen-bond donors (Lipinski definition) is 2. The number of morpholine rings is 1. The van der Waals surface area contributed by atoms with E-state index in [9.17, 15) is 9.59 Å². The second-order valence-electron chi connectivity index (χ2n) is 6.94. The van der Waals surface area contributed by atoms with E-state index in [4.69, 9.17) is 9.84 Å². The zero-order valence-electron chi connectivity index (χ0n) is 16.0. The summed E-state index contributed by atoms with van der Waals surface area (Å²) in [5.74, 6) is -0.0603. The smallest absolute Gasteiger partial charge is 0.355 e. The van der Waals surface area contributed by atoms with Crippen molar-refractivity contribution in [1.82, 2.24) is 20.1 Å². The minimum Gasteiger partial charge on any atom is -0.476 e. The molecule has 8 nitrogen and oxygen atoms in total. The van der Waals surface area contributed by atoms with Gasteiger partial charge in [-0.05, 0) is 25.9 Å². The number of carbonyl (C=O) groups excluding carboxylic acids is 1. The summed E-state index contributed by atoms with van der Waals surface area (Å²) in [7, 11) is 0. The summed E-state index contributed by atoms with van der Waals surface area (Å²) in [5, 5.41) is 14.0. The number of ether oxygens (including phenoxy) is 1. The van der Waals surface area contributed by atoms with Gasteiger partial charge in [-0.2, -0.15) is 0 Å². The molecule has 0 saturated carbocycles. The van der Waals surface area contributed by atoms with E-state index in [0.29, 0.717) is 13.0 Å². The molecule has 2 N–H and O–H groups in total. The Morgan fingerprint density at radius 3 is 2.96 bits per heavy atom. The second-order valence-corrected chi connectivity index (χ2v) is 9.14. The van der Waals surface area contributed by atoms with Crippen LogP contribution < -0.4 is 5.32 Å². The maximum Gasteiger partial charge on any atom is 0.355 e. The zero-order valence-corrected chi connectivity index (χ0v) is 17.6. The van der Waals surface area contributed by atoms with Gasteiger partial charge >= 0.3 is 5.97 Å². The van der Waals surface area contributed by atoms with Gasteiger partial charge in [0.25, 0.3) is 0 Å². The van der Waals surface area contributed by atoms with E-state index in [-0.39, 0.29) is 17.6 Å². The molecule has 1 aromatic rings. The standard InChI is InChI=1S/C18H28N4O4S2/c23-16-3-2-14(12-19-4-1-5-21-6-9-26-10-7-21)22(16)8-11-27-18-20-15(13-28-18)17(24)25/h13-14,19H,1-12H2,(H,24,25)/t14-/m1/s1. The zero-order chi connectivity index (χ0) is 19.8. The lowest BCUT2D eigenvalue weighted by Gasteiger charge is -2.27. The van der Waals surface area contributed by atoms with Gasteiger partial charge in [-0.3, -0.25) is 9.69 Å². The van der Waals surface area contributed by atoms with Gasteiger partial charge in [0.2, 0.25) is 5.91 Å². The van der Waals surface area contributed by atoms with Crippen LogP contribution in [0.1, 0.15) is 29.8 Å². The number of nitrogens with one attached hydrogen (secondary N) is 1. The first-order valence-electron chi connectivity index (χ1n) is 9.75. The van der Waals surface area contributed by atoms with Crippen molar-refractivity contribution >= 4 is 35.0 Å². The minimum absolute atomic E-state index is 0.0869. The molecule has 2 fully saturated rings. The summed E-state index contributed by atoms with van der Waals surface area (Å²) in [5.41, 5.74) is 0.0869. The first-order chi connectivity index (χ1) is 13.6. The molecule has 0 spiro atoms. The Bertz CT molecular complexity index is 651. The topological polar surface area (TPSA) is 95.0 Å². The molecule has 1 atom stereocenters. The summed E-state index contributed by atoms with van der Waals surface area (Å²) >= 11 is 2.85. The van der Waals surface area contributed by atoms with Crippen molar-refractivity contribution in [3.8, 4) is 0 Å². The molecule has 0 aliphatic carbocycles. The van der Waals surface area contributed by atoms with Crippen LogP contribution in [0.5, 0.6) is 0 Å². The average Bonchev–Trinajstić information content (AvgIpc) is 3.30. The van der Waals surface area contributed by atoms with E-state index in [2.05, 4.69) is 15.2 Å². The van der Waals surface area contributed by atoms with Crippen LogP contribution in [0.2, 0.25) is 0 Å². The van der Waals surface area contributed by atoms with Crippen LogP contribution in [0.4, 0.5) is 0 Å². The van der Waals surface area contributed by atoms with Crippen LogP contribution in [0.15, 0.2) is 9.72 Å². The molecule has 156 valence electrons. The molecule has 2 aliphatic heterocycles. The number of carbonyl (C=O) groups is 2. The second kappa shape index (κ2) is 11.1. The molecule has 3 heterocycles. The Morgan fingerprint density at radius 1 is 1.39 bits per heavy atom. The molecule has 2 aliphatic rings. The van der Waals surface area contributed by atoms with Gasteiger partial charge in [0.1, 0.15) is 0 Å². The normalized spacial score (nSPS) is 20.8. The van der Waals surface area contributed by atoms with Crippen LogP contribution in [0.25, 0.3) is 0 Å². The van der Waals surface area contributed by atoms with E-state index in [1.807, 2.05) is 4.90 Å². The average molecular weight is 429 g/mol. The van der Waals surface area contributed by atoms with Gasteiger partial charge in [0.05, 0.1) is 13.2 Å². The lowest BCUT2D eigenvalue weighted by Crippen LogP contribution is -2.42. The molecule has 0 radical (unpaired) electrons. The van der Waals surface area contributed by atoms with Crippen molar-refractivity contribution in [2.75, 3.05) is 58.2 Å². The quantitative estimate of drug-likeness (QED) is 0.402. The molecule has 0 bridgehead atoms. The highest BCUT2D eigenvalue weighted by Crippen LogP contribution is 2.24. The van der Waals surface area contributed by atoms with E-state index < -0.39 is 5.97 Å². The first kappa shape index (κ1) is 21.5. The van der Waals surface area contributed by atoms with Crippen LogP contribution in [0, 0.1) is 0 Å². The van der Waals surface area contributed by atoms with Gasteiger partial charge in [-0.1, -0.05) is 11.8 Å². The number of thioether (sulfide) groups is 1. The first-order valence-corrected chi connectivity index (χ1v) is 11.6. The number of nitrogens with zero attached hydrogens (tertiary/aromatic N) is 3. The third kappa shape index (κ3) is 6.41. The summed E-state index contributed by atoms with van der Waals surface area (Å²) < 4.78 is 6.10. The number of aromatic carboxylic acids is 1. The number of likely N-dealkylation sites (tertiary alicyclic amines) is 1. The third-order valence-electron chi connectivity index (χ3n) is 5.02. The van der Waals surface area contributed by atoms with Gasteiger partial charge in [0.15, 0.2) is 10.0 Å². The van der Waals surface area contributed by atoms with Crippen molar-refractivity contribution in [3.63, 3.8) is 0 Å². The summed E-state index contributed by atoms with van der Waals surface area (Å²) in [6.07, 6.45) is 2.62. The highest BCUT2D eigenvalue weighted by atomic mass is 32.2. The molecular weight excluding hydrogens is 400 g/mol. The summed E-state index contributed by atoms with van der Waals surface area (Å²) in [4.78, 5) is 31.6. The molecule has 0 aromatic carbocycles. The molecular formula is C18H28N4O4S2. The van der Waals surface area contributed by atoms with Gasteiger partial charge in [0, 0.05) is 49.8 Å². The third-order valence-corrected chi connectivity index (χ3v) is 7.03. The van der Waals surface area contributed by atoms with Crippen LogP contribution >= 0.6 is 23.1 Å². The fraction of sp³-hybridized carbons (Fsp3) is 0.722. The summed E-state index contributed by atoms with van der Waals surface area (Å²) in [6, 6.07) is 0.252. The highest BCUT2D eigenvalue weighted by Gasteiger charge is 2.30. The number of hydrogen-bond acceptors (Lipinski definition) is 8. The van der Waals surface area contributed by atoms with Gasteiger partial charge in [-0.15, -0.1) is 11.3 Å². The van der Waals surface area contributed by atoms with Crippen molar-refractivity contribution in [3.05, 3.63) is 11.1 Å². The monoisotopic (exact) mass is 428 g/mol. The lowest BCUT2D eigenvalue weighted by molar-refractivity contribution is -0.128. The van der Waals surface area contributed by atoms with Crippen molar-refractivity contribution in [1.29, 1.82) is 0 Å². The highest BCUT2D eigenvalue weighted by molar-refractivity contribution is 8.01. The molecule has 1 aromatic heterocycles. The fourth-order valence-electron chi connectivity index (χ4n) is 3.49. The van der Waals surface area contributed by atoms with E-state index in [1.54, 1.807) is 5.38 Å². The molecule has 0 unspecified atom stereocenters. The molecule has 10 heteroatoms. The maximum atomic E-state index is 12.2.